The third-order valence-corrected chi connectivity index (χ3v) is 4.82. The van der Waals surface area contributed by atoms with Crippen molar-refractivity contribution < 1.29 is 9.18 Å². The lowest BCUT2D eigenvalue weighted by Gasteiger charge is -2.10. The summed E-state index contributed by atoms with van der Waals surface area (Å²) in [5.41, 5.74) is 1.16. The monoisotopic (exact) mass is 425 g/mol. The van der Waals surface area contributed by atoms with E-state index in [4.69, 9.17) is 11.6 Å². The number of anilines is 1. The molecule has 0 fully saturated rings. The number of aromatic nitrogens is 4. The number of benzene rings is 2. The van der Waals surface area contributed by atoms with E-state index >= 15 is 0 Å². The van der Waals surface area contributed by atoms with Gasteiger partial charge < -0.3 is 5.32 Å². The normalized spacial score (nSPS) is 11.0. The first kappa shape index (κ1) is 19.8. The summed E-state index contributed by atoms with van der Waals surface area (Å²) in [6, 6.07) is 11.0. The molecule has 0 spiro atoms. The van der Waals surface area contributed by atoms with E-state index in [1.807, 2.05) is 6.92 Å². The molecule has 1 N–H and O–H groups in total. The fourth-order valence-corrected chi connectivity index (χ4v) is 3.31. The van der Waals surface area contributed by atoms with Gasteiger partial charge in [-0.2, -0.15) is 10.2 Å². The third-order valence-electron chi connectivity index (χ3n) is 4.58. The van der Waals surface area contributed by atoms with Crippen LogP contribution < -0.4 is 10.7 Å². The van der Waals surface area contributed by atoms with Crippen molar-refractivity contribution in [3.8, 4) is 0 Å². The van der Waals surface area contributed by atoms with Crippen LogP contribution in [-0.2, 0) is 13.1 Å². The number of aryl methyl sites for hydroxylation is 1. The molecule has 2 aromatic heterocycles. The van der Waals surface area contributed by atoms with E-state index in [0.29, 0.717) is 34.7 Å². The highest BCUT2D eigenvalue weighted by Gasteiger charge is 2.18. The Bertz CT molecular complexity index is 1300. The van der Waals surface area contributed by atoms with Gasteiger partial charge in [-0.25, -0.2) is 4.39 Å². The molecule has 2 heterocycles. The molecule has 0 saturated heterocycles. The first-order chi connectivity index (χ1) is 14.4. The van der Waals surface area contributed by atoms with Crippen LogP contribution in [-0.4, -0.2) is 25.5 Å². The predicted octanol–water partition coefficient (Wildman–Crippen LogP) is 3.71. The average molecular weight is 426 g/mol. The number of halogens is 2. The van der Waals surface area contributed by atoms with Crippen molar-refractivity contribution in [1.82, 2.24) is 19.6 Å². The second-order valence-corrected chi connectivity index (χ2v) is 7.10. The Kier molecular flexibility index (Phi) is 5.33. The summed E-state index contributed by atoms with van der Waals surface area (Å²) in [5.74, 6) is -0.945. The Hall–Kier alpha value is -3.52. The highest BCUT2D eigenvalue weighted by Crippen LogP contribution is 2.17. The first-order valence-corrected chi connectivity index (χ1v) is 9.61. The quantitative estimate of drug-likeness (QED) is 0.528. The van der Waals surface area contributed by atoms with Crippen molar-refractivity contribution in [2.75, 3.05) is 5.32 Å². The fourth-order valence-electron chi connectivity index (χ4n) is 3.13. The number of hydrogen-bond acceptors (Lipinski definition) is 4. The molecule has 152 valence electrons. The van der Waals surface area contributed by atoms with Crippen LogP contribution in [0.4, 0.5) is 10.1 Å². The van der Waals surface area contributed by atoms with Crippen molar-refractivity contribution in [2.45, 2.75) is 20.0 Å². The molecule has 0 aliphatic rings. The number of hydrogen-bond donors (Lipinski definition) is 1. The maximum absolute atomic E-state index is 13.0. The molecule has 0 aliphatic carbocycles. The second kappa shape index (κ2) is 8.08. The average Bonchev–Trinajstić information content (AvgIpc) is 3.17. The van der Waals surface area contributed by atoms with E-state index in [-0.39, 0.29) is 11.5 Å². The Morgan fingerprint density at radius 2 is 1.97 bits per heavy atom. The molecular weight excluding hydrogens is 409 g/mol. The molecule has 0 bridgehead atoms. The van der Waals surface area contributed by atoms with Gasteiger partial charge in [-0.1, -0.05) is 23.7 Å². The van der Waals surface area contributed by atoms with E-state index in [2.05, 4.69) is 15.5 Å². The molecule has 7 nitrogen and oxygen atoms in total. The van der Waals surface area contributed by atoms with Gasteiger partial charge in [0.15, 0.2) is 5.69 Å². The Labute approximate surface area is 175 Å². The van der Waals surface area contributed by atoms with Crippen LogP contribution in [0.1, 0.15) is 23.0 Å². The standard InChI is InChI=1S/C21H17ClFN5O2/c1-2-28-18-8-5-14(22)9-17(18)20(29)19(26-28)21(30)25-16-10-24-27(12-16)11-13-3-6-15(23)7-4-13/h3-10,12H,2,11H2,1H3,(H,25,30). The lowest BCUT2D eigenvalue weighted by Crippen LogP contribution is -2.27. The molecule has 2 aromatic carbocycles. The Balaban J connectivity index is 1.59. The molecule has 1 amide bonds. The number of rotatable bonds is 5. The number of nitrogens with one attached hydrogen (secondary N) is 1. The van der Waals surface area contributed by atoms with Crippen molar-refractivity contribution in [3.05, 3.63) is 87.2 Å². The van der Waals surface area contributed by atoms with Crippen LogP contribution in [0.15, 0.2) is 59.7 Å². The maximum Gasteiger partial charge on any atom is 0.280 e. The van der Waals surface area contributed by atoms with Gasteiger partial charge in [-0.3, -0.25) is 19.0 Å². The van der Waals surface area contributed by atoms with Crippen LogP contribution >= 0.6 is 11.6 Å². The summed E-state index contributed by atoms with van der Waals surface area (Å²) in [6.45, 7) is 2.76. The minimum Gasteiger partial charge on any atom is -0.318 e. The summed E-state index contributed by atoms with van der Waals surface area (Å²) in [5, 5.41) is 11.8. The van der Waals surface area contributed by atoms with E-state index < -0.39 is 11.3 Å². The van der Waals surface area contributed by atoms with Crippen LogP contribution in [0.25, 0.3) is 10.9 Å². The van der Waals surface area contributed by atoms with E-state index in [1.165, 1.54) is 24.4 Å². The lowest BCUT2D eigenvalue weighted by atomic mass is 10.2. The molecule has 9 heteroatoms. The van der Waals surface area contributed by atoms with Crippen molar-refractivity contribution in [1.29, 1.82) is 0 Å². The highest BCUT2D eigenvalue weighted by atomic mass is 35.5. The van der Waals surface area contributed by atoms with Gasteiger partial charge in [-0.05, 0) is 42.8 Å². The topological polar surface area (TPSA) is 81.8 Å². The maximum atomic E-state index is 13.0. The molecule has 0 atom stereocenters. The zero-order valence-electron chi connectivity index (χ0n) is 16.0. The minimum absolute atomic E-state index is 0.224. The third kappa shape index (κ3) is 3.95. The molecule has 0 aliphatic heterocycles. The summed E-state index contributed by atoms with van der Waals surface area (Å²) in [4.78, 5) is 25.5. The second-order valence-electron chi connectivity index (χ2n) is 6.66. The summed E-state index contributed by atoms with van der Waals surface area (Å²) in [7, 11) is 0. The van der Waals surface area contributed by atoms with Crippen molar-refractivity contribution in [2.24, 2.45) is 0 Å². The number of nitrogens with zero attached hydrogens (tertiary/aromatic N) is 4. The minimum atomic E-state index is -0.634. The van der Waals surface area contributed by atoms with E-state index in [1.54, 1.807) is 39.8 Å². The van der Waals surface area contributed by atoms with Crippen LogP contribution in [0.5, 0.6) is 0 Å². The van der Waals surface area contributed by atoms with Gasteiger partial charge >= 0.3 is 0 Å². The molecule has 4 rings (SSSR count). The Morgan fingerprint density at radius 1 is 1.20 bits per heavy atom. The van der Waals surface area contributed by atoms with Crippen molar-refractivity contribution >= 4 is 34.1 Å². The number of carbonyl (C=O) groups is 1. The number of carbonyl (C=O) groups excluding carboxylic acids is 1. The summed E-state index contributed by atoms with van der Waals surface area (Å²) >= 11 is 6.02. The lowest BCUT2D eigenvalue weighted by molar-refractivity contribution is 0.101. The summed E-state index contributed by atoms with van der Waals surface area (Å²) in [6.07, 6.45) is 3.09. The zero-order chi connectivity index (χ0) is 21.3. The molecule has 4 aromatic rings. The molecular formula is C21H17ClFN5O2. The van der Waals surface area contributed by atoms with Crippen LogP contribution in [0.3, 0.4) is 0 Å². The van der Waals surface area contributed by atoms with Gasteiger partial charge in [0.2, 0.25) is 5.43 Å². The highest BCUT2D eigenvalue weighted by molar-refractivity contribution is 6.31. The summed E-state index contributed by atoms with van der Waals surface area (Å²) < 4.78 is 16.2. The molecule has 0 saturated carbocycles. The van der Waals surface area contributed by atoms with Gasteiger partial charge in [-0.15, -0.1) is 0 Å². The Morgan fingerprint density at radius 3 is 2.70 bits per heavy atom. The van der Waals surface area contributed by atoms with Crippen molar-refractivity contribution in [3.63, 3.8) is 0 Å². The molecule has 0 unspecified atom stereocenters. The van der Waals surface area contributed by atoms with E-state index in [0.717, 1.165) is 5.56 Å². The predicted molar refractivity (Wildman–Crippen MR) is 112 cm³/mol. The SMILES string of the molecule is CCn1nc(C(=O)Nc2cnn(Cc3ccc(F)cc3)c2)c(=O)c2cc(Cl)ccc21. The van der Waals surface area contributed by atoms with Gasteiger partial charge in [0.05, 0.1) is 29.3 Å². The van der Waals surface area contributed by atoms with Crippen LogP contribution in [0, 0.1) is 5.82 Å². The van der Waals surface area contributed by atoms with Gasteiger partial charge in [0, 0.05) is 17.8 Å². The number of fused-ring (bicyclic) bond motifs is 1. The smallest absolute Gasteiger partial charge is 0.280 e. The number of amides is 1. The van der Waals surface area contributed by atoms with Gasteiger partial charge in [0.25, 0.3) is 5.91 Å². The first-order valence-electron chi connectivity index (χ1n) is 9.23. The van der Waals surface area contributed by atoms with Gasteiger partial charge in [0.1, 0.15) is 5.82 Å². The fraction of sp³-hybridized carbons (Fsp3) is 0.143. The zero-order valence-corrected chi connectivity index (χ0v) is 16.7. The molecule has 0 radical (unpaired) electrons. The molecule has 30 heavy (non-hydrogen) atoms. The van der Waals surface area contributed by atoms with E-state index in [9.17, 15) is 14.0 Å². The van der Waals surface area contributed by atoms with Crippen LogP contribution in [0.2, 0.25) is 5.02 Å². The largest absolute Gasteiger partial charge is 0.318 e.